The summed E-state index contributed by atoms with van der Waals surface area (Å²) in [6.07, 6.45) is 0.649. The van der Waals surface area contributed by atoms with E-state index in [1.165, 1.54) is 6.92 Å². The molecular weight excluding hydrogens is 378 g/mol. The molecule has 0 atom stereocenters. The number of ketones is 1. The van der Waals surface area contributed by atoms with Crippen molar-refractivity contribution in [2.75, 3.05) is 0 Å². The third kappa shape index (κ3) is 3.25. The van der Waals surface area contributed by atoms with E-state index in [2.05, 4.69) is 26.3 Å². The van der Waals surface area contributed by atoms with Crippen molar-refractivity contribution in [1.82, 2.24) is 15.1 Å². The average molecular weight is 394 g/mol. The van der Waals surface area contributed by atoms with Crippen LogP contribution in [0.25, 0.3) is 10.8 Å². The maximum absolute atomic E-state index is 12.5. The van der Waals surface area contributed by atoms with E-state index >= 15 is 0 Å². The highest BCUT2D eigenvalue weighted by molar-refractivity contribution is 9.10. The number of rotatable bonds is 4. The Morgan fingerprint density at radius 3 is 2.71 bits per heavy atom. The molecule has 7 nitrogen and oxygen atoms in total. The smallest absolute Gasteiger partial charge is 0.275 e. The number of aliphatic hydroxyl groups is 1. The van der Waals surface area contributed by atoms with Crippen LogP contribution in [0.15, 0.2) is 27.5 Å². The number of amides is 1. The van der Waals surface area contributed by atoms with Gasteiger partial charge in [-0.05, 0) is 31.0 Å². The fraction of sp³-hybridized carbons (Fsp3) is 0.375. The predicted octanol–water partition coefficient (Wildman–Crippen LogP) is 1.00. The molecule has 0 spiro atoms. The number of benzene rings is 1. The fourth-order valence-corrected chi connectivity index (χ4v) is 3.10. The summed E-state index contributed by atoms with van der Waals surface area (Å²) in [6.45, 7) is 1.10. The van der Waals surface area contributed by atoms with Gasteiger partial charge in [0, 0.05) is 22.8 Å². The molecule has 3 rings (SSSR count). The summed E-state index contributed by atoms with van der Waals surface area (Å²) >= 11 is 3.31. The first-order valence-electron chi connectivity index (χ1n) is 7.54. The van der Waals surface area contributed by atoms with Gasteiger partial charge < -0.3 is 10.4 Å². The average Bonchev–Trinajstić information content (AvgIpc) is 2.48. The van der Waals surface area contributed by atoms with E-state index in [1.54, 1.807) is 18.2 Å². The molecule has 1 fully saturated rings. The molecule has 0 saturated heterocycles. The molecule has 8 heteroatoms. The van der Waals surface area contributed by atoms with E-state index in [0.29, 0.717) is 23.6 Å². The minimum absolute atomic E-state index is 0.0770. The van der Waals surface area contributed by atoms with Crippen LogP contribution in [0, 0.1) is 0 Å². The van der Waals surface area contributed by atoms with Gasteiger partial charge in [-0.15, -0.1) is 0 Å². The normalized spacial score (nSPS) is 19.8. The molecule has 0 unspecified atom stereocenters. The van der Waals surface area contributed by atoms with Crippen molar-refractivity contribution in [2.24, 2.45) is 0 Å². The summed E-state index contributed by atoms with van der Waals surface area (Å²) in [6, 6.07) is 4.90. The minimum atomic E-state index is -0.425. The predicted molar refractivity (Wildman–Crippen MR) is 90.9 cm³/mol. The van der Waals surface area contributed by atoms with Crippen LogP contribution in [-0.2, 0) is 11.3 Å². The number of aliphatic hydroxyl groups excluding tert-OH is 1. The molecule has 1 amide bonds. The molecule has 1 aromatic carbocycles. The van der Waals surface area contributed by atoms with Crippen molar-refractivity contribution in [3.63, 3.8) is 0 Å². The molecule has 24 heavy (non-hydrogen) atoms. The second-order valence-electron chi connectivity index (χ2n) is 5.95. The first-order valence-corrected chi connectivity index (χ1v) is 8.33. The lowest BCUT2D eigenvalue weighted by molar-refractivity contribution is -0.124. The minimum Gasteiger partial charge on any atom is -0.393 e. The molecule has 0 bridgehead atoms. The number of carbonyl (C=O) groups excluding carboxylic acids is 2. The number of fused-ring (bicyclic) bond motifs is 1. The molecule has 2 N–H and O–H groups in total. The van der Waals surface area contributed by atoms with E-state index < -0.39 is 5.56 Å². The van der Waals surface area contributed by atoms with Crippen LogP contribution in [0.4, 0.5) is 0 Å². The zero-order valence-corrected chi connectivity index (χ0v) is 14.5. The van der Waals surface area contributed by atoms with Crippen LogP contribution >= 0.6 is 15.9 Å². The molecule has 1 aliphatic rings. The lowest BCUT2D eigenvalue weighted by Crippen LogP contribution is -2.48. The van der Waals surface area contributed by atoms with Gasteiger partial charge in [0.15, 0.2) is 5.78 Å². The molecule has 1 aliphatic carbocycles. The zero-order chi connectivity index (χ0) is 17.4. The van der Waals surface area contributed by atoms with Gasteiger partial charge in [-0.3, -0.25) is 14.4 Å². The summed E-state index contributed by atoms with van der Waals surface area (Å²) in [7, 11) is 0. The van der Waals surface area contributed by atoms with E-state index in [9.17, 15) is 19.5 Å². The van der Waals surface area contributed by atoms with Crippen LogP contribution in [0.1, 0.15) is 30.3 Å². The van der Waals surface area contributed by atoms with Gasteiger partial charge >= 0.3 is 0 Å². The van der Waals surface area contributed by atoms with Gasteiger partial charge in [0.25, 0.3) is 5.56 Å². The number of hydrogen-bond donors (Lipinski definition) is 2. The summed E-state index contributed by atoms with van der Waals surface area (Å²) in [4.78, 5) is 36.5. The van der Waals surface area contributed by atoms with E-state index in [1.807, 2.05) is 0 Å². The lowest BCUT2D eigenvalue weighted by atomic mass is 9.89. The number of nitrogens with zero attached hydrogens (tertiary/aromatic N) is 2. The molecule has 1 heterocycles. The van der Waals surface area contributed by atoms with Crippen molar-refractivity contribution >= 4 is 38.4 Å². The van der Waals surface area contributed by atoms with Crippen LogP contribution in [0.5, 0.6) is 0 Å². The molecule has 1 aromatic heterocycles. The summed E-state index contributed by atoms with van der Waals surface area (Å²) in [5, 5.41) is 16.8. The molecule has 1 saturated carbocycles. The number of Topliss-reactive ketones (excluding diaryl/α,β-unsaturated/α-hetero) is 1. The number of nitrogens with one attached hydrogen (secondary N) is 1. The largest absolute Gasteiger partial charge is 0.393 e. The third-order valence-corrected chi connectivity index (χ3v) is 4.52. The van der Waals surface area contributed by atoms with Gasteiger partial charge in [0.05, 0.1) is 11.5 Å². The second kappa shape index (κ2) is 6.45. The van der Waals surface area contributed by atoms with E-state index in [0.717, 1.165) is 9.15 Å². The van der Waals surface area contributed by atoms with Crippen LogP contribution < -0.4 is 10.9 Å². The maximum Gasteiger partial charge on any atom is 0.275 e. The highest BCUT2D eigenvalue weighted by atomic mass is 79.9. The third-order valence-electron chi connectivity index (χ3n) is 4.03. The number of carbonyl (C=O) groups is 2. The Labute approximate surface area is 145 Å². The van der Waals surface area contributed by atoms with Crippen molar-refractivity contribution in [2.45, 2.75) is 38.5 Å². The van der Waals surface area contributed by atoms with Crippen LogP contribution in [0.3, 0.4) is 0 Å². The number of aromatic nitrogens is 2. The van der Waals surface area contributed by atoms with Crippen molar-refractivity contribution in [1.29, 1.82) is 0 Å². The molecule has 126 valence electrons. The SMILES string of the molecule is CC(=O)c1nn(CC(=O)NC2CC(O)C2)c(=O)c2ccc(Br)cc12. The summed E-state index contributed by atoms with van der Waals surface area (Å²) < 4.78 is 1.75. The van der Waals surface area contributed by atoms with Crippen molar-refractivity contribution in [3.8, 4) is 0 Å². The zero-order valence-electron chi connectivity index (χ0n) is 13.0. The Morgan fingerprint density at radius 2 is 2.08 bits per heavy atom. The standard InChI is InChI=1S/C16H16BrN3O4/c1-8(21)15-13-4-9(17)2-3-12(13)16(24)20(19-15)7-14(23)18-10-5-11(22)6-10/h2-4,10-11,22H,5-7H2,1H3,(H,18,23). The van der Waals surface area contributed by atoms with Crippen molar-refractivity contribution in [3.05, 3.63) is 38.7 Å². The van der Waals surface area contributed by atoms with E-state index in [-0.39, 0.29) is 36.1 Å². The Kier molecular flexibility index (Phi) is 4.51. The topological polar surface area (TPSA) is 101 Å². The van der Waals surface area contributed by atoms with E-state index in [4.69, 9.17) is 0 Å². The fourth-order valence-electron chi connectivity index (χ4n) is 2.74. The first-order chi connectivity index (χ1) is 11.3. The maximum atomic E-state index is 12.5. The number of halogens is 1. The summed E-state index contributed by atoms with van der Waals surface area (Å²) in [5.41, 5.74) is -0.274. The molecule has 0 aliphatic heterocycles. The Balaban J connectivity index is 1.94. The van der Waals surface area contributed by atoms with Crippen LogP contribution in [-0.4, -0.2) is 38.7 Å². The molecular formula is C16H16BrN3O4. The monoisotopic (exact) mass is 393 g/mol. The lowest BCUT2D eigenvalue weighted by Gasteiger charge is -2.31. The highest BCUT2D eigenvalue weighted by Crippen LogP contribution is 2.20. The van der Waals surface area contributed by atoms with Crippen molar-refractivity contribution < 1.29 is 14.7 Å². The number of hydrogen-bond acceptors (Lipinski definition) is 5. The van der Waals surface area contributed by atoms with Gasteiger partial charge in [-0.2, -0.15) is 5.10 Å². The summed E-state index contributed by atoms with van der Waals surface area (Å²) in [5.74, 6) is -0.651. The quantitative estimate of drug-likeness (QED) is 0.754. The van der Waals surface area contributed by atoms with Gasteiger partial charge in [-0.1, -0.05) is 15.9 Å². The first kappa shape index (κ1) is 16.8. The Hall–Kier alpha value is -2.06. The molecule has 0 radical (unpaired) electrons. The van der Waals surface area contributed by atoms with Gasteiger partial charge in [0.2, 0.25) is 5.91 Å². The second-order valence-corrected chi connectivity index (χ2v) is 6.86. The Morgan fingerprint density at radius 1 is 1.38 bits per heavy atom. The highest BCUT2D eigenvalue weighted by Gasteiger charge is 2.28. The van der Waals surface area contributed by atoms with Gasteiger partial charge in [0.1, 0.15) is 12.2 Å². The Bertz CT molecular complexity index is 887. The van der Waals surface area contributed by atoms with Crippen LogP contribution in [0.2, 0.25) is 0 Å². The molecule has 2 aromatic rings. The van der Waals surface area contributed by atoms with Gasteiger partial charge in [-0.25, -0.2) is 4.68 Å².